The Morgan fingerprint density at radius 3 is 2.38 bits per heavy atom. The van der Waals surface area contributed by atoms with Crippen molar-refractivity contribution in [2.24, 2.45) is 7.05 Å². The average Bonchev–Trinajstić information content (AvgIpc) is 2.19. The van der Waals surface area contributed by atoms with E-state index in [1.54, 1.807) is 4.57 Å². The Hall–Kier alpha value is -1.09. The lowest BCUT2D eigenvalue weighted by Crippen LogP contribution is -2.30. The summed E-state index contributed by atoms with van der Waals surface area (Å²) < 4.78 is 1.75. The van der Waals surface area contributed by atoms with Gasteiger partial charge in [0, 0.05) is 30.9 Å². The van der Waals surface area contributed by atoms with Crippen LogP contribution in [-0.4, -0.2) is 10.6 Å². The third-order valence-electron chi connectivity index (χ3n) is 2.71. The Kier molecular flexibility index (Phi) is 4.30. The minimum absolute atomic E-state index is 0.111. The molecule has 16 heavy (non-hydrogen) atoms. The molecule has 0 spiro atoms. The first-order chi connectivity index (χ1) is 7.43. The molecule has 3 heteroatoms. The molecule has 0 unspecified atom stereocenters. The first-order valence-corrected chi connectivity index (χ1v) is 5.85. The molecule has 0 aliphatic carbocycles. The molecular weight excluding hydrogens is 200 g/mol. The molecule has 0 bridgehead atoms. The lowest BCUT2D eigenvalue weighted by atomic mass is 10.1. The number of rotatable bonds is 4. The quantitative estimate of drug-likeness (QED) is 0.845. The molecule has 1 aromatic rings. The summed E-state index contributed by atoms with van der Waals surface area (Å²) in [5.74, 6) is 0.379. The summed E-state index contributed by atoms with van der Waals surface area (Å²) in [6.45, 7) is 8.99. The van der Waals surface area contributed by atoms with Crippen LogP contribution in [0.4, 0.5) is 0 Å². The molecule has 1 rings (SSSR count). The monoisotopic (exact) mass is 222 g/mol. The SMILES string of the molecule is CC(C)NCc1ccc(C(C)C)n(C)c1=O. The Bertz CT molecular complexity index is 405. The van der Waals surface area contributed by atoms with Gasteiger partial charge in [0.1, 0.15) is 0 Å². The highest BCUT2D eigenvalue weighted by Crippen LogP contribution is 2.11. The van der Waals surface area contributed by atoms with Gasteiger partial charge in [-0.2, -0.15) is 0 Å². The van der Waals surface area contributed by atoms with Crippen LogP contribution in [-0.2, 0) is 13.6 Å². The van der Waals surface area contributed by atoms with Gasteiger partial charge in [-0.05, 0) is 12.0 Å². The van der Waals surface area contributed by atoms with Crippen LogP contribution in [0, 0.1) is 0 Å². The van der Waals surface area contributed by atoms with E-state index in [2.05, 4.69) is 33.0 Å². The van der Waals surface area contributed by atoms with Crippen molar-refractivity contribution in [2.45, 2.75) is 46.2 Å². The van der Waals surface area contributed by atoms with Crippen LogP contribution in [0.25, 0.3) is 0 Å². The summed E-state index contributed by atoms with van der Waals surface area (Å²) in [5.41, 5.74) is 2.03. The minimum Gasteiger partial charge on any atom is -0.315 e. The smallest absolute Gasteiger partial charge is 0.254 e. The van der Waals surface area contributed by atoms with Crippen molar-refractivity contribution in [2.75, 3.05) is 0 Å². The van der Waals surface area contributed by atoms with Crippen molar-refractivity contribution in [1.82, 2.24) is 9.88 Å². The summed E-state index contributed by atoms with van der Waals surface area (Å²) in [6.07, 6.45) is 0. The zero-order valence-corrected chi connectivity index (χ0v) is 10.9. The predicted molar refractivity (Wildman–Crippen MR) is 67.7 cm³/mol. The molecule has 0 aromatic carbocycles. The molecule has 0 aliphatic heterocycles. The topological polar surface area (TPSA) is 34.0 Å². The van der Waals surface area contributed by atoms with E-state index >= 15 is 0 Å². The highest BCUT2D eigenvalue weighted by molar-refractivity contribution is 5.18. The lowest BCUT2D eigenvalue weighted by molar-refractivity contribution is 0.580. The first-order valence-electron chi connectivity index (χ1n) is 5.85. The molecule has 90 valence electrons. The largest absolute Gasteiger partial charge is 0.315 e. The normalized spacial score (nSPS) is 11.4. The van der Waals surface area contributed by atoms with Gasteiger partial charge in [0.25, 0.3) is 5.56 Å². The van der Waals surface area contributed by atoms with Crippen LogP contribution in [0.3, 0.4) is 0 Å². The van der Waals surface area contributed by atoms with E-state index in [-0.39, 0.29) is 5.56 Å². The standard InChI is InChI=1S/C13H22N2O/c1-9(2)12-7-6-11(8-14-10(3)4)13(16)15(12)5/h6-7,9-10,14H,8H2,1-5H3. The zero-order chi connectivity index (χ0) is 12.3. The summed E-state index contributed by atoms with van der Waals surface area (Å²) in [5, 5.41) is 3.27. The number of aromatic nitrogens is 1. The number of pyridine rings is 1. The van der Waals surface area contributed by atoms with E-state index in [0.717, 1.165) is 11.3 Å². The predicted octanol–water partition coefficient (Wildman–Crippen LogP) is 2.01. The molecule has 0 aliphatic rings. The zero-order valence-electron chi connectivity index (χ0n) is 10.9. The maximum atomic E-state index is 12.0. The second-order valence-corrected chi connectivity index (χ2v) is 4.84. The van der Waals surface area contributed by atoms with Crippen LogP contribution in [0.15, 0.2) is 16.9 Å². The van der Waals surface area contributed by atoms with Gasteiger partial charge in [-0.1, -0.05) is 33.8 Å². The van der Waals surface area contributed by atoms with Crippen molar-refractivity contribution in [1.29, 1.82) is 0 Å². The van der Waals surface area contributed by atoms with E-state index in [0.29, 0.717) is 18.5 Å². The van der Waals surface area contributed by atoms with Crippen LogP contribution in [0.5, 0.6) is 0 Å². The molecular formula is C13H22N2O. The molecule has 0 saturated carbocycles. The minimum atomic E-state index is 0.111. The maximum Gasteiger partial charge on any atom is 0.254 e. The van der Waals surface area contributed by atoms with Crippen LogP contribution < -0.4 is 10.9 Å². The van der Waals surface area contributed by atoms with E-state index in [1.807, 2.05) is 19.2 Å². The van der Waals surface area contributed by atoms with Gasteiger partial charge in [-0.15, -0.1) is 0 Å². The van der Waals surface area contributed by atoms with Gasteiger partial charge in [-0.25, -0.2) is 0 Å². The molecule has 0 atom stereocenters. The molecule has 3 nitrogen and oxygen atoms in total. The van der Waals surface area contributed by atoms with Crippen LogP contribution in [0.2, 0.25) is 0 Å². The fourth-order valence-corrected chi connectivity index (χ4v) is 1.73. The molecule has 1 N–H and O–H groups in total. The molecule has 1 aromatic heterocycles. The van der Waals surface area contributed by atoms with E-state index in [1.165, 1.54) is 0 Å². The van der Waals surface area contributed by atoms with Gasteiger partial charge in [0.05, 0.1) is 0 Å². The average molecular weight is 222 g/mol. The highest BCUT2D eigenvalue weighted by Gasteiger charge is 2.08. The molecule has 0 amide bonds. The van der Waals surface area contributed by atoms with Crippen molar-refractivity contribution in [3.63, 3.8) is 0 Å². The Balaban J connectivity index is 2.98. The molecule has 0 radical (unpaired) electrons. The van der Waals surface area contributed by atoms with Crippen LogP contribution in [0.1, 0.15) is 44.9 Å². The third-order valence-corrected chi connectivity index (χ3v) is 2.71. The van der Waals surface area contributed by atoms with E-state index in [4.69, 9.17) is 0 Å². The van der Waals surface area contributed by atoms with Gasteiger partial charge in [0.2, 0.25) is 0 Å². The number of nitrogens with one attached hydrogen (secondary N) is 1. The second kappa shape index (κ2) is 5.30. The number of hydrogen-bond acceptors (Lipinski definition) is 2. The van der Waals surface area contributed by atoms with E-state index < -0.39 is 0 Å². The number of hydrogen-bond donors (Lipinski definition) is 1. The third kappa shape index (κ3) is 2.95. The lowest BCUT2D eigenvalue weighted by Gasteiger charge is -2.14. The highest BCUT2D eigenvalue weighted by atomic mass is 16.1. The first kappa shape index (κ1) is 13.0. The summed E-state index contributed by atoms with van der Waals surface area (Å²) in [7, 11) is 1.84. The van der Waals surface area contributed by atoms with Crippen molar-refractivity contribution < 1.29 is 0 Å². The fraction of sp³-hybridized carbons (Fsp3) is 0.615. The van der Waals surface area contributed by atoms with Gasteiger partial charge < -0.3 is 9.88 Å². The molecule has 0 saturated heterocycles. The molecule has 1 heterocycles. The van der Waals surface area contributed by atoms with Crippen molar-refractivity contribution >= 4 is 0 Å². The summed E-state index contributed by atoms with van der Waals surface area (Å²) in [4.78, 5) is 12.0. The maximum absolute atomic E-state index is 12.0. The van der Waals surface area contributed by atoms with Gasteiger partial charge in [0.15, 0.2) is 0 Å². The fourth-order valence-electron chi connectivity index (χ4n) is 1.73. The Labute approximate surface area is 97.5 Å². The Morgan fingerprint density at radius 1 is 1.25 bits per heavy atom. The van der Waals surface area contributed by atoms with E-state index in [9.17, 15) is 4.79 Å². The van der Waals surface area contributed by atoms with Crippen molar-refractivity contribution in [3.8, 4) is 0 Å². The van der Waals surface area contributed by atoms with Gasteiger partial charge >= 0.3 is 0 Å². The Morgan fingerprint density at radius 2 is 1.88 bits per heavy atom. The summed E-state index contributed by atoms with van der Waals surface area (Å²) >= 11 is 0. The second-order valence-electron chi connectivity index (χ2n) is 4.84. The van der Waals surface area contributed by atoms with Crippen molar-refractivity contribution in [3.05, 3.63) is 33.7 Å². The molecule has 0 fully saturated rings. The number of nitrogens with zero attached hydrogens (tertiary/aromatic N) is 1. The van der Waals surface area contributed by atoms with Gasteiger partial charge in [-0.3, -0.25) is 4.79 Å². The summed E-state index contributed by atoms with van der Waals surface area (Å²) in [6, 6.07) is 4.38. The van der Waals surface area contributed by atoms with Crippen LogP contribution >= 0.6 is 0 Å².